The van der Waals surface area contributed by atoms with Crippen LogP contribution < -0.4 is 0 Å². The van der Waals surface area contributed by atoms with Crippen LogP contribution in [0.4, 0.5) is 0 Å². The fraction of sp³-hybridized carbons (Fsp3) is 0.750. The quantitative estimate of drug-likeness (QED) is 0.248. The Bertz CT molecular complexity index is 92.1. The predicted octanol–water partition coefficient (Wildman–Crippen LogP) is 1.00. The molecule has 0 aromatic heterocycles. The monoisotopic (exact) mass is 174 g/mol. The van der Waals surface area contributed by atoms with Crippen LogP contribution in [0.3, 0.4) is 0 Å². The van der Waals surface area contributed by atoms with Crippen LogP contribution in [0.1, 0.15) is 26.2 Å². The predicted molar refractivity (Wildman–Crippen MR) is 50.5 cm³/mol. The lowest BCUT2D eigenvalue weighted by atomic mass is 10.3. The summed E-state index contributed by atoms with van der Waals surface area (Å²) in [5.41, 5.74) is 0. The highest BCUT2D eigenvalue weighted by Crippen LogP contribution is 1.99. The zero-order valence-corrected chi connectivity index (χ0v) is 9.51. The minimum atomic E-state index is 0.0338. The largest absolute Gasteiger partial charge is 0.404 e. The van der Waals surface area contributed by atoms with Crippen molar-refractivity contribution < 1.29 is 9.16 Å². The second-order valence-corrected chi connectivity index (χ2v) is 2.85. The summed E-state index contributed by atoms with van der Waals surface area (Å²) < 4.78 is 10.6. The van der Waals surface area contributed by atoms with Gasteiger partial charge in [-0.25, -0.2) is 0 Å². The molecule has 0 heterocycles. The van der Waals surface area contributed by atoms with Crippen LogP contribution in [-0.4, -0.2) is 23.4 Å². The molecule has 0 aliphatic rings. The van der Waals surface area contributed by atoms with Crippen LogP contribution in [0.25, 0.3) is 0 Å². The van der Waals surface area contributed by atoms with Gasteiger partial charge in [-0.2, -0.15) is 0 Å². The van der Waals surface area contributed by atoms with Gasteiger partial charge in [-0.1, -0.05) is 13.0 Å². The van der Waals surface area contributed by atoms with Gasteiger partial charge in [-0.3, -0.25) is 0 Å². The first-order valence-corrected chi connectivity index (χ1v) is 4.92. The molecule has 0 saturated heterocycles. The molecular weight excluding hydrogens is 156 g/mol. The Kier molecular flexibility index (Phi) is 7.89. The molecule has 3 heteroatoms. The Labute approximate surface area is 72.1 Å². The Morgan fingerprint density at radius 1 is 1.64 bits per heavy atom. The number of unbranched alkanes of at least 4 members (excludes halogenated alkanes) is 1. The van der Waals surface area contributed by atoms with Crippen molar-refractivity contribution in [2.24, 2.45) is 0 Å². The van der Waals surface area contributed by atoms with Crippen molar-refractivity contribution in [3.05, 3.63) is 12.7 Å². The average Bonchev–Trinajstić information content (AvgIpc) is 2.05. The first-order chi connectivity index (χ1) is 5.35. The zero-order valence-electron chi connectivity index (χ0n) is 7.51. The van der Waals surface area contributed by atoms with Crippen LogP contribution in [0.15, 0.2) is 12.7 Å². The lowest BCUT2D eigenvalue weighted by molar-refractivity contribution is -0.0784. The van der Waals surface area contributed by atoms with E-state index in [1.54, 1.807) is 0 Å². The third-order valence-corrected chi connectivity index (χ3v) is 1.98. The van der Waals surface area contributed by atoms with E-state index in [-0.39, 0.29) is 6.29 Å². The summed E-state index contributed by atoms with van der Waals surface area (Å²) >= 11 is 0. The van der Waals surface area contributed by atoms with Gasteiger partial charge in [0.25, 0.3) is 0 Å². The van der Waals surface area contributed by atoms with E-state index in [9.17, 15) is 0 Å². The first kappa shape index (κ1) is 10.9. The molecule has 0 aromatic rings. The van der Waals surface area contributed by atoms with E-state index in [1.807, 2.05) is 6.08 Å². The Hall–Kier alpha value is -0.123. The number of hydrogen-bond donors (Lipinski definition) is 0. The van der Waals surface area contributed by atoms with Gasteiger partial charge >= 0.3 is 0 Å². The maximum atomic E-state index is 5.41. The lowest BCUT2D eigenvalue weighted by Gasteiger charge is -2.13. The molecule has 0 bridgehead atoms. The summed E-state index contributed by atoms with van der Waals surface area (Å²) in [6.45, 7) is 6.49. The third kappa shape index (κ3) is 6.28. The van der Waals surface area contributed by atoms with Gasteiger partial charge in [0.05, 0.1) is 0 Å². The lowest BCUT2D eigenvalue weighted by Crippen LogP contribution is -2.15. The van der Waals surface area contributed by atoms with Crippen LogP contribution in [0.5, 0.6) is 0 Å². The Balaban J connectivity index is 3.13. The summed E-state index contributed by atoms with van der Waals surface area (Å²) in [5, 5.41) is 0. The second-order valence-electron chi connectivity index (χ2n) is 2.38. The van der Waals surface area contributed by atoms with Gasteiger partial charge in [0.15, 0.2) is 0 Å². The van der Waals surface area contributed by atoms with Crippen molar-refractivity contribution in [2.75, 3.05) is 6.61 Å². The SMILES string of the molecule is C=CCCCOC(CC)O[SiH3]. The van der Waals surface area contributed by atoms with Gasteiger partial charge in [0.1, 0.15) is 16.8 Å². The molecule has 0 rings (SSSR count). The van der Waals surface area contributed by atoms with Crippen LogP contribution in [0, 0.1) is 0 Å². The average molecular weight is 174 g/mol. The van der Waals surface area contributed by atoms with Gasteiger partial charge in [-0.05, 0) is 19.3 Å². The zero-order chi connectivity index (χ0) is 8.53. The normalized spacial score (nSPS) is 13.2. The molecule has 2 nitrogen and oxygen atoms in total. The fourth-order valence-electron chi connectivity index (χ4n) is 0.795. The van der Waals surface area contributed by atoms with Crippen molar-refractivity contribution in [3.63, 3.8) is 0 Å². The van der Waals surface area contributed by atoms with E-state index in [2.05, 4.69) is 13.5 Å². The third-order valence-electron chi connectivity index (χ3n) is 1.45. The standard InChI is InChI=1S/C8H18O2Si/c1-3-5-6-7-9-8(4-2)10-11/h3,8H,1,4-7H2,2,11H3. The molecule has 0 amide bonds. The van der Waals surface area contributed by atoms with Crippen molar-refractivity contribution in [1.29, 1.82) is 0 Å². The molecular formula is C8H18O2Si. The molecule has 0 N–H and O–H groups in total. The Morgan fingerprint density at radius 2 is 2.36 bits per heavy atom. The molecule has 0 saturated carbocycles. The summed E-state index contributed by atoms with van der Waals surface area (Å²) in [6, 6.07) is 0. The molecule has 0 aromatic carbocycles. The van der Waals surface area contributed by atoms with Crippen molar-refractivity contribution >= 4 is 10.5 Å². The van der Waals surface area contributed by atoms with E-state index in [0.29, 0.717) is 0 Å². The topological polar surface area (TPSA) is 18.5 Å². The minimum absolute atomic E-state index is 0.0338. The van der Waals surface area contributed by atoms with Gasteiger partial charge in [0, 0.05) is 6.61 Å². The molecule has 0 fully saturated rings. The van der Waals surface area contributed by atoms with Gasteiger partial charge in [-0.15, -0.1) is 6.58 Å². The van der Waals surface area contributed by atoms with Crippen LogP contribution in [-0.2, 0) is 9.16 Å². The minimum Gasteiger partial charge on any atom is -0.404 e. The van der Waals surface area contributed by atoms with Crippen LogP contribution in [0.2, 0.25) is 0 Å². The second kappa shape index (κ2) is 7.98. The molecule has 0 aliphatic heterocycles. The fourth-order valence-corrected chi connectivity index (χ4v) is 1.26. The molecule has 11 heavy (non-hydrogen) atoms. The number of allylic oxidation sites excluding steroid dienone is 1. The van der Waals surface area contributed by atoms with Crippen molar-refractivity contribution in [2.45, 2.75) is 32.5 Å². The molecule has 1 atom stereocenters. The van der Waals surface area contributed by atoms with E-state index < -0.39 is 0 Å². The summed E-state index contributed by atoms with van der Waals surface area (Å²) in [6.07, 6.45) is 4.96. The molecule has 0 radical (unpaired) electrons. The highest BCUT2D eigenvalue weighted by molar-refractivity contribution is 5.98. The maximum Gasteiger partial charge on any atom is 0.149 e. The Morgan fingerprint density at radius 3 is 2.82 bits per heavy atom. The van der Waals surface area contributed by atoms with E-state index in [0.717, 1.165) is 36.4 Å². The van der Waals surface area contributed by atoms with Gasteiger partial charge in [0.2, 0.25) is 0 Å². The van der Waals surface area contributed by atoms with Crippen molar-refractivity contribution in [3.8, 4) is 0 Å². The van der Waals surface area contributed by atoms with Crippen LogP contribution >= 0.6 is 0 Å². The summed E-state index contributed by atoms with van der Waals surface area (Å²) in [5.74, 6) is 0. The number of rotatable bonds is 7. The molecule has 0 spiro atoms. The summed E-state index contributed by atoms with van der Waals surface area (Å²) in [7, 11) is 0.756. The molecule has 1 unspecified atom stereocenters. The van der Waals surface area contributed by atoms with Gasteiger partial charge < -0.3 is 9.16 Å². The molecule has 0 aliphatic carbocycles. The van der Waals surface area contributed by atoms with E-state index in [4.69, 9.17) is 9.16 Å². The summed E-state index contributed by atoms with van der Waals surface area (Å²) in [4.78, 5) is 0. The first-order valence-electron chi connectivity index (χ1n) is 4.10. The number of hydrogen-bond acceptors (Lipinski definition) is 2. The highest BCUT2D eigenvalue weighted by atomic mass is 28.2. The number of ether oxygens (including phenoxy) is 1. The van der Waals surface area contributed by atoms with E-state index >= 15 is 0 Å². The van der Waals surface area contributed by atoms with Crippen molar-refractivity contribution in [1.82, 2.24) is 0 Å². The molecule has 66 valence electrons. The highest BCUT2D eigenvalue weighted by Gasteiger charge is 2.00. The smallest absolute Gasteiger partial charge is 0.149 e. The maximum absolute atomic E-state index is 5.41. The van der Waals surface area contributed by atoms with E-state index in [1.165, 1.54) is 0 Å².